The third kappa shape index (κ3) is 5.92. The molecule has 0 saturated carbocycles. The molecular weight excluding hydrogens is 469 g/mol. The van der Waals surface area contributed by atoms with Crippen molar-refractivity contribution in [2.75, 3.05) is 13.7 Å². The fraction of sp³-hybridized carbons (Fsp3) is 0.308. The molecule has 0 fully saturated rings. The monoisotopic (exact) mass is 495 g/mol. The van der Waals surface area contributed by atoms with Crippen LogP contribution in [0.5, 0.6) is 11.5 Å². The Hall–Kier alpha value is -3.59. The average molecular weight is 496 g/mol. The predicted molar refractivity (Wildman–Crippen MR) is 134 cm³/mol. The van der Waals surface area contributed by atoms with Crippen molar-refractivity contribution in [2.45, 2.75) is 39.0 Å². The van der Waals surface area contributed by atoms with Crippen LogP contribution in [0.3, 0.4) is 0 Å². The zero-order valence-electron chi connectivity index (χ0n) is 19.6. The summed E-state index contributed by atoms with van der Waals surface area (Å²) in [5.74, 6) is 0.865. The minimum atomic E-state index is -0.510. The van der Waals surface area contributed by atoms with E-state index < -0.39 is 5.56 Å². The normalized spacial score (nSPS) is 11.8. The number of halogens is 1. The van der Waals surface area contributed by atoms with Crippen molar-refractivity contribution in [2.24, 2.45) is 0 Å². The molecule has 2 aromatic carbocycles. The predicted octanol–water partition coefficient (Wildman–Crippen LogP) is 3.76. The van der Waals surface area contributed by atoms with Crippen molar-refractivity contribution in [3.8, 4) is 11.5 Å². The Kier molecular flexibility index (Phi) is 7.87. The topological polar surface area (TPSA) is 82.8 Å². The Bertz CT molecular complexity index is 1480. The molecule has 9 heteroatoms. The molecule has 35 heavy (non-hydrogen) atoms. The molecule has 182 valence electrons. The van der Waals surface area contributed by atoms with Gasteiger partial charge < -0.3 is 9.47 Å². The van der Waals surface area contributed by atoms with Gasteiger partial charge in [-0.05, 0) is 47.9 Å². The zero-order valence-corrected chi connectivity index (χ0v) is 20.4. The molecule has 0 amide bonds. The Balaban J connectivity index is 1.60. The van der Waals surface area contributed by atoms with Crippen molar-refractivity contribution >= 4 is 22.4 Å². The quantitative estimate of drug-likeness (QED) is 0.312. The molecule has 0 aliphatic heterocycles. The Morgan fingerprint density at radius 2 is 1.86 bits per heavy atom. The number of methoxy groups -OCH3 is 1. The van der Waals surface area contributed by atoms with Crippen LogP contribution in [0.15, 0.2) is 52.1 Å². The second-order valence-corrected chi connectivity index (χ2v) is 9.11. The van der Waals surface area contributed by atoms with E-state index in [4.69, 9.17) is 9.47 Å². The van der Waals surface area contributed by atoms with E-state index in [0.29, 0.717) is 28.2 Å². The Morgan fingerprint density at radius 1 is 1.06 bits per heavy atom. The summed E-state index contributed by atoms with van der Waals surface area (Å²) in [6, 6.07) is 11.2. The van der Waals surface area contributed by atoms with Crippen molar-refractivity contribution in [1.29, 1.82) is 0 Å². The van der Waals surface area contributed by atoms with Gasteiger partial charge in [-0.2, -0.15) is 14.6 Å². The largest absolute Gasteiger partial charge is 0.493 e. The van der Waals surface area contributed by atoms with Crippen molar-refractivity contribution in [3.05, 3.63) is 90.3 Å². The smallest absolute Gasteiger partial charge is 0.296 e. The standard InChI is InChI=1S/C26H26FN3O4S/c1-3-4-5-6-13-34-21-12-9-18(15-22(21)33-2)16-23-25(32)30-26(35-23)28-24(31)20(29-30)14-17-7-10-19(27)11-8-17/h7-12,15-16H,3-6,13-14H2,1-2H3/b23-16-. The van der Waals surface area contributed by atoms with Gasteiger partial charge in [-0.3, -0.25) is 9.59 Å². The van der Waals surface area contributed by atoms with Crippen LogP contribution in [-0.2, 0) is 6.42 Å². The first-order valence-electron chi connectivity index (χ1n) is 11.5. The number of hydrogen-bond acceptors (Lipinski definition) is 7. The number of rotatable bonds is 10. The van der Waals surface area contributed by atoms with Gasteiger partial charge in [0.05, 0.1) is 18.2 Å². The molecule has 0 atom stereocenters. The van der Waals surface area contributed by atoms with E-state index in [1.54, 1.807) is 31.4 Å². The second kappa shape index (κ2) is 11.2. The lowest BCUT2D eigenvalue weighted by molar-refractivity contribution is 0.285. The highest BCUT2D eigenvalue weighted by molar-refractivity contribution is 7.15. The van der Waals surface area contributed by atoms with Gasteiger partial charge in [0.15, 0.2) is 11.5 Å². The number of nitrogens with zero attached hydrogens (tertiary/aromatic N) is 3. The van der Waals surface area contributed by atoms with Crippen LogP contribution in [-0.4, -0.2) is 28.3 Å². The van der Waals surface area contributed by atoms with E-state index in [1.165, 1.54) is 25.0 Å². The fourth-order valence-corrected chi connectivity index (χ4v) is 4.51. The molecular formula is C26H26FN3O4S. The molecule has 2 aromatic heterocycles. The molecule has 0 spiro atoms. The Morgan fingerprint density at radius 3 is 2.60 bits per heavy atom. The number of benzene rings is 2. The number of unbranched alkanes of at least 4 members (excludes halogenated alkanes) is 3. The summed E-state index contributed by atoms with van der Waals surface area (Å²) in [6.07, 6.45) is 6.32. The molecule has 0 aliphatic rings. The minimum Gasteiger partial charge on any atom is -0.493 e. The van der Waals surface area contributed by atoms with Gasteiger partial charge in [0, 0.05) is 6.42 Å². The molecule has 4 aromatic rings. The van der Waals surface area contributed by atoms with Crippen LogP contribution in [0.4, 0.5) is 4.39 Å². The van der Waals surface area contributed by atoms with Gasteiger partial charge in [-0.1, -0.05) is 55.7 Å². The van der Waals surface area contributed by atoms with Gasteiger partial charge in [0.1, 0.15) is 11.5 Å². The van der Waals surface area contributed by atoms with Crippen molar-refractivity contribution in [1.82, 2.24) is 14.6 Å². The van der Waals surface area contributed by atoms with E-state index in [2.05, 4.69) is 17.0 Å². The molecule has 0 N–H and O–H groups in total. The first-order valence-corrected chi connectivity index (χ1v) is 12.3. The highest BCUT2D eigenvalue weighted by atomic mass is 32.1. The van der Waals surface area contributed by atoms with E-state index in [9.17, 15) is 14.0 Å². The number of hydrogen-bond donors (Lipinski definition) is 0. The summed E-state index contributed by atoms with van der Waals surface area (Å²) in [5.41, 5.74) is 0.695. The second-order valence-electron chi connectivity index (χ2n) is 8.10. The van der Waals surface area contributed by atoms with Crippen LogP contribution >= 0.6 is 11.3 Å². The van der Waals surface area contributed by atoms with E-state index in [1.807, 2.05) is 12.1 Å². The minimum absolute atomic E-state index is 0.123. The average Bonchev–Trinajstić information content (AvgIpc) is 3.15. The van der Waals surface area contributed by atoms with Crippen LogP contribution < -0.4 is 25.1 Å². The highest BCUT2D eigenvalue weighted by Gasteiger charge is 2.12. The summed E-state index contributed by atoms with van der Waals surface area (Å²) >= 11 is 1.09. The lowest BCUT2D eigenvalue weighted by Gasteiger charge is -2.11. The molecule has 4 rings (SSSR count). The van der Waals surface area contributed by atoms with Crippen LogP contribution in [0.2, 0.25) is 0 Å². The number of ether oxygens (including phenoxy) is 2. The molecule has 7 nitrogen and oxygen atoms in total. The number of fused-ring (bicyclic) bond motifs is 1. The molecule has 0 saturated heterocycles. The first kappa shape index (κ1) is 24.5. The third-order valence-corrected chi connectivity index (χ3v) is 6.44. The summed E-state index contributed by atoms with van der Waals surface area (Å²) in [6.45, 7) is 2.78. The lowest BCUT2D eigenvalue weighted by Crippen LogP contribution is -2.28. The van der Waals surface area contributed by atoms with Gasteiger partial charge in [0.25, 0.3) is 11.1 Å². The summed E-state index contributed by atoms with van der Waals surface area (Å²) in [4.78, 5) is 29.7. The van der Waals surface area contributed by atoms with Gasteiger partial charge in [-0.25, -0.2) is 4.39 Å². The fourth-order valence-electron chi connectivity index (χ4n) is 3.60. The molecule has 0 aliphatic carbocycles. The van der Waals surface area contributed by atoms with Gasteiger partial charge >= 0.3 is 0 Å². The number of aromatic nitrogens is 3. The lowest BCUT2D eigenvalue weighted by atomic mass is 10.1. The zero-order chi connectivity index (χ0) is 24.8. The van der Waals surface area contributed by atoms with Gasteiger partial charge in [-0.15, -0.1) is 0 Å². The Labute approximate surface area is 205 Å². The molecule has 0 unspecified atom stereocenters. The van der Waals surface area contributed by atoms with Crippen LogP contribution in [0, 0.1) is 5.82 Å². The molecule has 0 radical (unpaired) electrons. The molecule has 2 heterocycles. The van der Waals surface area contributed by atoms with Crippen LogP contribution in [0.25, 0.3) is 11.0 Å². The van der Waals surface area contributed by atoms with E-state index >= 15 is 0 Å². The third-order valence-electron chi connectivity index (χ3n) is 5.48. The van der Waals surface area contributed by atoms with Crippen LogP contribution in [0.1, 0.15) is 49.4 Å². The summed E-state index contributed by atoms with van der Waals surface area (Å²) < 4.78 is 26.0. The summed E-state index contributed by atoms with van der Waals surface area (Å²) in [5, 5.41) is 4.24. The van der Waals surface area contributed by atoms with Crippen molar-refractivity contribution in [3.63, 3.8) is 0 Å². The van der Waals surface area contributed by atoms with E-state index in [0.717, 1.165) is 34.3 Å². The summed E-state index contributed by atoms with van der Waals surface area (Å²) in [7, 11) is 1.57. The molecule has 0 bridgehead atoms. The van der Waals surface area contributed by atoms with Crippen molar-refractivity contribution < 1.29 is 13.9 Å². The maximum atomic E-state index is 13.2. The van der Waals surface area contributed by atoms with E-state index in [-0.39, 0.29) is 28.5 Å². The SMILES string of the molecule is CCCCCCOc1ccc(/C=c2\sc3nc(=O)c(Cc4ccc(F)cc4)nn3c2=O)cc1OC. The highest BCUT2D eigenvalue weighted by Crippen LogP contribution is 2.28. The maximum absolute atomic E-state index is 13.2. The first-order chi connectivity index (χ1) is 17.0. The number of thiazole rings is 1. The maximum Gasteiger partial charge on any atom is 0.296 e. The van der Waals surface area contributed by atoms with Gasteiger partial charge in [0.2, 0.25) is 4.96 Å².